The van der Waals surface area contributed by atoms with Gasteiger partial charge >= 0.3 is 0 Å². The number of ketones is 1. The minimum atomic E-state index is -3.59. The molecule has 0 atom stereocenters. The van der Waals surface area contributed by atoms with Crippen LogP contribution in [0, 0.1) is 0 Å². The summed E-state index contributed by atoms with van der Waals surface area (Å²) in [4.78, 5) is 23.6. The Bertz CT molecular complexity index is 1080. The number of sulfonamides is 1. The van der Waals surface area contributed by atoms with E-state index in [2.05, 4.69) is 14.9 Å². The Hall–Kier alpha value is -2.36. The van der Waals surface area contributed by atoms with Crippen LogP contribution in [0.15, 0.2) is 47.5 Å². The van der Waals surface area contributed by atoms with Gasteiger partial charge in [0, 0.05) is 37.9 Å². The molecule has 1 aromatic carbocycles. The fourth-order valence-corrected chi connectivity index (χ4v) is 5.66. The Morgan fingerprint density at radius 1 is 1.07 bits per heavy atom. The minimum absolute atomic E-state index is 0.0836. The van der Waals surface area contributed by atoms with Crippen LogP contribution in [-0.2, 0) is 10.0 Å². The second-order valence-electron chi connectivity index (χ2n) is 6.65. The number of aromatic nitrogens is 2. The molecule has 1 saturated heterocycles. The van der Waals surface area contributed by atoms with Gasteiger partial charge in [-0.05, 0) is 37.6 Å². The van der Waals surface area contributed by atoms with Gasteiger partial charge in [-0.25, -0.2) is 18.4 Å². The van der Waals surface area contributed by atoms with Crippen LogP contribution in [0.1, 0.15) is 23.7 Å². The number of thiazole rings is 1. The first-order chi connectivity index (χ1) is 13.4. The SMILES string of the molecule is CC(=O)c1ccc(S(=O)(=O)N2CCCN(c3nc4cccnc4s3)CC2)cc1. The Balaban J connectivity index is 1.52. The summed E-state index contributed by atoms with van der Waals surface area (Å²) in [5.41, 5.74) is 1.37. The fourth-order valence-electron chi connectivity index (χ4n) is 3.23. The molecule has 1 aliphatic rings. The third kappa shape index (κ3) is 3.65. The van der Waals surface area contributed by atoms with Crippen LogP contribution < -0.4 is 4.90 Å². The lowest BCUT2D eigenvalue weighted by Gasteiger charge is -2.21. The van der Waals surface area contributed by atoms with Crippen molar-refractivity contribution in [2.75, 3.05) is 31.1 Å². The number of hydrogen-bond donors (Lipinski definition) is 0. The van der Waals surface area contributed by atoms with Crippen LogP contribution in [0.4, 0.5) is 5.13 Å². The topological polar surface area (TPSA) is 83.5 Å². The van der Waals surface area contributed by atoms with E-state index >= 15 is 0 Å². The van der Waals surface area contributed by atoms with E-state index in [0.29, 0.717) is 31.6 Å². The Morgan fingerprint density at radius 3 is 2.57 bits per heavy atom. The maximum absolute atomic E-state index is 13.0. The van der Waals surface area contributed by atoms with E-state index in [0.717, 1.165) is 22.0 Å². The molecule has 0 bridgehead atoms. The van der Waals surface area contributed by atoms with Gasteiger partial charge in [0.1, 0.15) is 10.3 Å². The number of fused-ring (bicyclic) bond motifs is 1. The Labute approximate surface area is 167 Å². The fraction of sp³-hybridized carbons (Fsp3) is 0.316. The van der Waals surface area contributed by atoms with Crippen LogP contribution in [0.3, 0.4) is 0 Å². The molecule has 3 heterocycles. The van der Waals surface area contributed by atoms with Crippen molar-refractivity contribution >= 4 is 42.6 Å². The third-order valence-electron chi connectivity index (χ3n) is 4.78. The quantitative estimate of drug-likeness (QED) is 0.608. The summed E-state index contributed by atoms with van der Waals surface area (Å²) in [7, 11) is -3.59. The summed E-state index contributed by atoms with van der Waals surface area (Å²) in [5, 5.41) is 0.874. The highest BCUT2D eigenvalue weighted by Crippen LogP contribution is 2.28. The molecule has 146 valence electrons. The van der Waals surface area contributed by atoms with Crippen molar-refractivity contribution in [3.8, 4) is 0 Å². The molecule has 0 spiro atoms. The second-order valence-corrected chi connectivity index (χ2v) is 9.54. The van der Waals surface area contributed by atoms with E-state index in [1.165, 1.54) is 34.7 Å². The molecule has 9 heteroatoms. The highest BCUT2D eigenvalue weighted by molar-refractivity contribution is 7.89. The smallest absolute Gasteiger partial charge is 0.243 e. The summed E-state index contributed by atoms with van der Waals surface area (Å²) in [6.45, 7) is 3.63. The molecule has 3 aromatic rings. The minimum Gasteiger partial charge on any atom is -0.347 e. The molecular formula is C19H20N4O3S2. The van der Waals surface area contributed by atoms with Gasteiger partial charge in [-0.3, -0.25) is 4.79 Å². The molecule has 1 aliphatic heterocycles. The van der Waals surface area contributed by atoms with Crippen molar-refractivity contribution in [2.24, 2.45) is 0 Å². The molecule has 4 rings (SSSR count). The van der Waals surface area contributed by atoms with Gasteiger partial charge in [0.25, 0.3) is 0 Å². The number of anilines is 1. The van der Waals surface area contributed by atoms with Crippen LogP contribution in [0.25, 0.3) is 10.3 Å². The van der Waals surface area contributed by atoms with Crippen LogP contribution in [0.5, 0.6) is 0 Å². The highest BCUT2D eigenvalue weighted by atomic mass is 32.2. The van der Waals surface area contributed by atoms with Gasteiger partial charge in [-0.1, -0.05) is 23.5 Å². The van der Waals surface area contributed by atoms with E-state index < -0.39 is 10.0 Å². The maximum atomic E-state index is 13.0. The van der Waals surface area contributed by atoms with Crippen molar-refractivity contribution in [3.63, 3.8) is 0 Å². The van der Waals surface area contributed by atoms with Crippen molar-refractivity contribution < 1.29 is 13.2 Å². The summed E-state index contributed by atoms with van der Waals surface area (Å²) >= 11 is 1.53. The summed E-state index contributed by atoms with van der Waals surface area (Å²) < 4.78 is 27.5. The molecule has 0 N–H and O–H groups in total. The van der Waals surface area contributed by atoms with Crippen molar-refractivity contribution in [1.82, 2.24) is 14.3 Å². The summed E-state index contributed by atoms with van der Waals surface area (Å²) in [6.07, 6.45) is 2.46. The monoisotopic (exact) mass is 416 g/mol. The number of carbonyl (C=O) groups excluding carboxylic acids is 1. The van der Waals surface area contributed by atoms with Crippen molar-refractivity contribution in [1.29, 1.82) is 0 Å². The third-order valence-corrected chi connectivity index (χ3v) is 7.73. The number of hydrogen-bond acceptors (Lipinski definition) is 7. The molecular weight excluding hydrogens is 396 g/mol. The van der Waals surface area contributed by atoms with Crippen LogP contribution in [0.2, 0.25) is 0 Å². The van der Waals surface area contributed by atoms with Crippen molar-refractivity contribution in [3.05, 3.63) is 48.2 Å². The Morgan fingerprint density at radius 2 is 1.86 bits per heavy atom. The van der Waals surface area contributed by atoms with Gasteiger partial charge < -0.3 is 4.90 Å². The first-order valence-electron chi connectivity index (χ1n) is 9.03. The predicted molar refractivity (Wildman–Crippen MR) is 109 cm³/mol. The normalized spacial score (nSPS) is 16.2. The van der Waals surface area contributed by atoms with Gasteiger partial charge in [-0.2, -0.15) is 4.31 Å². The zero-order chi connectivity index (χ0) is 19.7. The first kappa shape index (κ1) is 19.0. The highest BCUT2D eigenvalue weighted by Gasteiger charge is 2.27. The van der Waals surface area contributed by atoms with Gasteiger partial charge in [0.05, 0.1) is 4.90 Å². The number of nitrogens with zero attached hydrogens (tertiary/aromatic N) is 4. The average molecular weight is 417 g/mol. The second kappa shape index (κ2) is 7.57. The lowest BCUT2D eigenvalue weighted by molar-refractivity contribution is 0.101. The maximum Gasteiger partial charge on any atom is 0.243 e. The van der Waals surface area contributed by atoms with E-state index in [-0.39, 0.29) is 10.7 Å². The van der Waals surface area contributed by atoms with E-state index in [1.807, 2.05) is 12.1 Å². The number of carbonyl (C=O) groups is 1. The van der Waals surface area contributed by atoms with Crippen LogP contribution in [-0.4, -0.2) is 54.7 Å². The molecule has 7 nitrogen and oxygen atoms in total. The number of rotatable bonds is 4. The molecule has 28 heavy (non-hydrogen) atoms. The zero-order valence-electron chi connectivity index (χ0n) is 15.4. The van der Waals surface area contributed by atoms with Gasteiger partial charge in [0.15, 0.2) is 10.9 Å². The van der Waals surface area contributed by atoms with Crippen LogP contribution >= 0.6 is 11.3 Å². The molecule has 0 aliphatic carbocycles. The molecule has 1 fully saturated rings. The lowest BCUT2D eigenvalue weighted by Crippen LogP contribution is -2.35. The molecule has 2 aromatic heterocycles. The number of benzene rings is 1. The number of pyridine rings is 1. The zero-order valence-corrected chi connectivity index (χ0v) is 17.0. The van der Waals surface area contributed by atoms with Gasteiger partial charge in [0.2, 0.25) is 10.0 Å². The molecule has 0 saturated carbocycles. The molecule has 0 amide bonds. The van der Waals surface area contributed by atoms with E-state index in [1.54, 1.807) is 18.3 Å². The first-order valence-corrected chi connectivity index (χ1v) is 11.3. The molecule has 0 unspecified atom stereocenters. The molecule has 0 radical (unpaired) electrons. The largest absolute Gasteiger partial charge is 0.347 e. The van der Waals surface area contributed by atoms with E-state index in [9.17, 15) is 13.2 Å². The number of Topliss-reactive ketones (excluding diaryl/α,β-unsaturated/α-hetero) is 1. The standard InChI is InChI=1S/C19H20N4O3S2/c1-14(24)15-5-7-16(8-6-15)28(25,26)23-11-3-10-22(12-13-23)19-21-17-4-2-9-20-18(17)27-19/h2,4-9H,3,10-13H2,1H3. The lowest BCUT2D eigenvalue weighted by atomic mass is 10.2. The van der Waals surface area contributed by atoms with Crippen molar-refractivity contribution in [2.45, 2.75) is 18.2 Å². The predicted octanol–water partition coefficient (Wildman–Crippen LogP) is 2.79. The summed E-state index contributed by atoms with van der Waals surface area (Å²) in [5.74, 6) is -0.0836. The average Bonchev–Trinajstić information content (AvgIpc) is 2.96. The Kier molecular flexibility index (Phi) is 5.13. The van der Waals surface area contributed by atoms with E-state index in [4.69, 9.17) is 0 Å². The summed E-state index contributed by atoms with van der Waals surface area (Å²) in [6, 6.07) is 9.93. The van der Waals surface area contributed by atoms with Gasteiger partial charge in [-0.15, -0.1) is 0 Å².